The van der Waals surface area contributed by atoms with Crippen molar-refractivity contribution in [3.8, 4) is 5.75 Å². The molecule has 0 fully saturated rings. The molecule has 0 heterocycles. The van der Waals surface area contributed by atoms with Gasteiger partial charge in [-0.05, 0) is 31.0 Å². The van der Waals surface area contributed by atoms with Crippen LogP contribution in [0.3, 0.4) is 0 Å². The second-order valence-corrected chi connectivity index (χ2v) is 4.36. The van der Waals surface area contributed by atoms with Crippen LogP contribution in [0.25, 0.3) is 0 Å². The van der Waals surface area contributed by atoms with Crippen LogP contribution in [0.15, 0.2) is 18.2 Å². The van der Waals surface area contributed by atoms with Gasteiger partial charge in [0.15, 0.2) is 0 Å². The van der Waals surface area contributed by atoms with Crippen molar-refractivity contribution in [2.45, 2.75) is 32.2 Å². The van der Waals surface area contributed by atoms with E-state index in [-0.39, 0.29) is 17.9 Å². The number of carbonyl (C=O) groups excluding carboxylic acids is 1. The van der Waals surface area contributed by atoms with Crippen LogP contribution in [0.1, 0.15) is 37.0 Å². The molecule has 1 aromatic rings. The Bertz CT molecular complexity index is 431. The number of halogens is 1. The molecule has 0 unspecified atom stereocenters. The van der Waals surface area contributed by atoms with Gasteiger partial charge >= 0.3 is 0 Å². The van der Waals surface area contributed by atoms with E-state index in [9.17, 15) is 9.18 Å². The second kappa shape index (κ2) is 5.82. The Balaban J connectivity index is 2.88. The van der Waals surface area contributed by atoms with Gasteiger partial charge in [0.25, 0.3) is 5.91 Å². The third-order valence-corrected chi connectivity index (χ3v) is 3.13. The zero-order valence-electron chi connectivity index (χ0n) is 10.7. The van der Waals surface area contributed by atoms with E-state index in [0.29, 0.717) is 0 Å². The van der Waals surface area contributed by atoms with Gasteiger partial charge in [0.2, 0.25) is 0 Å². The molecule has 1 aromatic carbocycles. The summed E-state index contributed by atoms with van der Waals surface area (Å²) in [6.07, 6.45) is 1.49. The molecule has 0 aliphatic heterocycles. The monoisotopic (exact) mass is 254 g/mol. The number of hydrogen-bond acceptors (Lipinski definition) is 3. The number of rotatable bonds is 6. The van der Waals surface area contributed by atoms with Gasteiger partial charge < -0.3 is 16.2 Å². The highest BCUT2D eigenvalue weighted by Gasteiger charge is 2.22. The van der Waals surface area contributed by atoms with Crippen molar-refractivity contribution in [3.05, 3.63) is 29.6 Å². The van der Waals surface area contributed by atoms with Crippen LogP contribution in [-0.4, -0.2) is 18.1 Å². The lowest BCUT2D eigenvalue weighted by atomic mass is 9.95. The zero-order valence-corrected chi connectivity index (χ0v) is 10.7. The van der Waals surface area contributed by atoms with Crippen LogP contribution in [0.4, 0.5) is 4.39 Å². The van der Waals surface area contributed by atoms with E-state index in [1.165, 1.54) is 12.1 Å². The first-order valence-electron chi connectivity index (χ1n) is 5.93. The fraction of sp³-hybridized carbons (Fsp3) is 0.462. The Morgan fingerprint density at radius 3 is 2.50 bits per heavy atom. The Labute approximate surface area is 106 Å². The van der Waals surface area contributed by atoms with Crippen LogP contribution in [0.5, 0.6) is 5.75 Å². The first-order valence-corrected chi connectivity index (χ1v) is 5.93. The van der Waals surface area contributed by atoms with Crippen molar-refractivity contribution >= 4 is 5.91 Å². The highest BCUT2D eigenvalue weighted by Crippen LogP contribution is 2.21. The minimum absolute atomic E-state index is 0.0320. The molecule has 0 aliphatic rings. The molecule has 18 heavy (non-hydrogen) atoms. The van der Waals surface area contributed by atoms with Crippen molar-refractivity contribution < 1.29 is 13.9 Å². The van der Waals surface area contributed by atoms with E-state index in [1.807, 2.05) is 13.8 Å². The summed E-state index contributed by atoms with van der Waals surface area (Å²) >= 11 is 0. The van der Waals surface area contributed by atoms with E-state index in [4.69, 9.17) is 16.2 Å². The third-order valence-electron chi connectivity index (χ3n) is 3.13. The summed E-state index contributed by atoms with van der Waals surface area (Å²) in [4.78, 5) is 11.2. The van der Waals surface area contributed by atoms with Crippen LogP contribution in [0.2, 0.25) is 0 Å². The average Bonchev–Trinajstić information content (AvgIpc) is 2.36. The van der Waals surface area contributed by atoms with Gasteiger partial charge in [0.1, 0.15) is 18.2 Å². The van der Waals surface area contributed by atoms with Gasteiger partial charge in [-0.15, -0.1) is 0 Å². The summed E-state index contributed by atoms with van der Waals surface area (Å²) in [6, 6.07) is 3.67. The van der Waals surface area contributed by atoms with Crippen LogP contribution in [0, 0.1) is 5.82 Å². The average molecular weight is 254 g/mol. The fourth-order valence-electron chi connectivity index (χ4n) is 1.50. The minimum Gasteiger partial charge on any atom is -0.491 e. The smallest absolute Gasteiger partial charge is 0.252 e. The Morgan fingerprint density at radius 2 is 2.00 bits per heavy atom. The lowest BCUT2D eigenvalue weighted by Crippen LogP contribution is -2.44. The quantitative estimate of drug-likeness (QED) is 0.812. The standard InChI is InChI=1S/C13H19FN2O2/c1-3-13(16,4-2)8-18-11-6-5-9(14)7-10(11)12(15)17/h5-7H,3-4,8,16H2,1-2H3,(H2,15,17). The molecule has 0 aromatic heterocycles. The van der Waals surface area contributed by atoms with Gasteiger partial charge in [0, 0.05) is 5.54 Å². The maximum atomic E-state index is 13.0. The Kier molecular flexibility index (Phi) is 4.67. The molecule has 0 atom stereocenters. The first-order chi connectivity index (χ1) is 8.41. The van der Waals surface area contributed by atoms with E-state index < -0.39 is 17.3 Å². The van der Waals surface area contributed by atoms with Crippen LogP contribution < -0.4 is 16.2 Å². The highest BCUT2D eigenvalue weighted by molar-refractivity contribution is 5.95. The molecule has 1 rings (SSSR count). The topological polar surface area (TPSA) is 78.3 Å². The number of ether oxygens (including phenoxy) is 1. The van der Waals surface area contributed by atoms with Crippen LogP contribution in [-0.2, 0) is 0 Å². The van der Waals surface area contributed by atoms with Gasteiger partial charge in [-0.1, -0.05) is 13.8 Å². The first kappa shape index (κ1) is 14.4. The second-order valence-electron chi connectivity index (χ2n) is 4.36. The van der Waals surface area contributed by atoms with Gasteiger partial charge in [-0.3, -0.25) is 4.79 Å². The zero-order chi connectivity index (χ0) is 13.8. The number of hydrogen-bond donors (Lipinski definition) is 2. The minimum atomic E-state index is -0.722. The molecule has 0 spiro atoms. The van der Waals surface area contributed by atoms with Crippen molar-refractivity contribution in [3.63, 3.8) is 0 Å². The molecule has 0 radical (unpaired) electrons. The fourth-order valence-corrected chi connectivity index (χ4v) is 1.50. The maximum absolute atomic E-state index is 13.0. The predicted molar refractivity (Wildman–Crippen MR) is 67.9 cm³/mol. The number of benzene rings is 1. The maximum Gasteiger partial charge on any atom is 0.252 e. The predicted octanol–water partition coefficient (Wildman–Crippen LogP) is 1.82. The van der Waals surface area contributed by atoms with Crippen LogP contribution >= 0.6 is 0 Å². The van der Waals surface area contributed by atoms with Gasteiger partial charge in [0.05, 0.1) is 5.56 Å². The molecule has 4 nitrogen and oxygen atoms in total. The SMILES string of the molecule is CCC(N)(CC)COc1ccc(F)cc1C(N)=O. The molecule has 1 amide bonds. The van der Waals surface area contributed by atoms with Gasteiger partial charge in [-0.2, -0.15) is 0 Å². The summed E-state index contributed by atoms with van der Waals surface area (Å²) in [5.41, 5.74) is 10.8. The summed E-state index contributed by atoms with van der Waals surface area (Å²) in [5, 5.41) is 0. The third kappa shape index (κ3) is 3.43. The van der Waals surface area contributed by atoms with Crippen molar-refractivity contribution in [2.24, 2.45) is 11.5 Å². The molecular formula is C13H19FN2O2. The van der Waals surface area contributed by atoms with Crippen molar-refractivity contribution in [1.29, 1.82) is 0 Å². The summed E-state index contributed by atoms with van der Waals surface area (Å²) in [5.74, 6) is -0.984. The molecular weight excluding hydrogens is 235 g/mol. The highest BCUT2D eigenvalue weighted by atomic mass is 19.1. The molecule has 5 heteroatoms. The molecule has 100 valence electrons. The largest absolute Gasteiger partial charge is 0.491 e. The molecule has 0 saturated carbocycles. The normalized spacial score (nSPS) is 11.3. The lowest BCUT2D eigenvalue weighted by Gasteiger charge is -2.26. The van der Waals surface area contributed by atoms with E-state index in [0.717, 1.165) is 18.9 Å². The summed E-state index contributed by atoms with van der Waals surface area (Å²) in [6.45, 7) is 4.19. The molecule has 0 saturated heterocycles. The molecule has 0 aliphatic carbocycles. The summed E-state index contributed by atoms with van der Waals surface area (Å²) < 4.78 is 18.5. The van der Waals surface area contributed by atoms with Gasteiger partial charge in [-0.25, -0.2) is 4.39 Å². The van der Waals surface area contributed by atoms with Crippen molar-refractivity contribution in [2.75, 3.05) is 6.61 Å². The van der Waals surface area contributed by atoms with E-state index in [2.05, 4.69) is 0 Å². The number of carbonyl (C=O) groups is 1. The Morgan fingerprint density at radius 1 is 1.39 bits per heavy atom. The Hall–Kier alpha value is -1.62. The number of primary amides is 1. The van der Waals surface area contributed by atoms with E-state index in [1.54, 1.807) is 0 Å². The number of amides is 1. The number of nitrogens with two attached hydrogens (primary N) is 2. The van der Waals surface area contributed by atoms with Crippen molar-refractivity contribution in [1.82, 2.24) is 0 Å². The lowest BCUT2D eigenvalue weighted by molar-refractivity contribution is 0.0993. The molecule has 4 N–H and O–H groups in total. The van der Waals surface area contributed by atoms with E-state index >= 15 is 0 Å². The summed E-state index contributed by atoms with van der Waals surface area (Å²) in [7, 11) is 0. The molecule has 0 bridgehead atoms.